The van der Waals surface area contributed by atoms with E-state index in [1.807, 2.05) is 48.5 Å². The van der Waals surface area contributed by atoms with E-state index in [9.17, 15) is 0 Å². The molecule has 0 radical (unpaired) electrons. The molecule has 1 N–H and O–H groups in total. The van der Waals surface area contributed by atoms with Gasteiger partial charge in [-0.3, -0.25) is 5.10 Å². The number of methoxy groups -OCH3 is 3. The number of ether oxygens (including phenoxy) is 3. The van der Waals surface area contributed by atoms with Crippen LogP contribution in [0.2, 0.25) is 0 Å². The molecule has 0 bridgehead atoms. The van der Waals surface area contributed by atoms with E-state index in [1.165, 1.54) is 11.3 Å². The van der Waals surface area contributed by atoms with Crippen molar-refractivity contribution in [1.82, 2.24) is 30.0 Å². The minimum absolute atomic E-state index is 0.560. The van der Waals surface area contributed by atoms with E-state index in [0.717, 1.165) is 44.1 Å². The van der Waals surface area contributed by atoms with Gasteiger partial charge < -0.3 is 14.2 Å². The summed E-state index contributed by atoms with van der Waals surface area (Å²) in [6.07, 6.45) is 0.560. The Bertz CT molecular complexity index is 1370. The second-order valence-electron chi connectivity index (χ2n) is 6.98. The number of aromatic nitrogens is 6. The Balaban J connectivity index is 1.41. The molecule has 32 heavy (non-hydrogen) atoms. The van der Waals surface area contributed by atoms with Crippen LogP contribution in [0.15, 0.2) is 48.5 Å². The molecular weight excluding hydrogens is 428 g/mol. The second-order valence-corrected chi connectivity index (χ2v) is 7.94. The molecule has 162 valence electrons. The summed E-state index contributed by atoms with van der Waals surface area (Å²) < 4.78 is 17.7. The third-order valence-electron chi connectivity index (χ3n) is 5.06. The molecule has 0 amide bonds. The zero-order chi connectivity index (χ0) is 22.1. The van der Waals surface area contributed by atoms with Crippen molar-refractivity contribution < 1.29 is 14.2 Å². The molecule has 9 nitrogen and oxygen atoms in total. The van der Waals surface area contributed by atoms with E-state index < -0.39 is 0 Å². The zero-order valence-electron chi connectivity index (χ0n) is 17.7. The minimum Gasteiger partial charge on any atom is -0.497 e. The molecule has 5 rings (SSSR count). The van der Waals surface area contributed by atoms with Crippen LogP contribution in [-0.2, 0) is 6.42 Å². The Morgan fingerprint density at radius 1 is 0.906 bits per heavy atom. The first-order chi connectivity index (χ1) is 15.7. The van der Waals surface area contributed by atoms with Gasteiger partial charge in [0.15, 0.2) is 22.3 Å². The molecule has 0 unspecified atom stereocenters. The van der Waals surface area contributed by atoms with Crippen LogP contribution in [0.3, 0.4) is 0 Å². The number of H-pyrrole nitrogens is 1. The Morgan fingerprint density at radius 2 is 1.72 bits per heavy atom. The van der Waals surface area contributed by atoms with Crippen molar-refractivity contribution >= 4 is 16.3 Å². The number of hydrogen-bond donors (Lipinski definition) is 1. The van der Waals surface area contributed by atoms with Crippen LogP contribution < -0.4 is 14.2 Å². The Hall–Kier alpha value is -3.92. The lowest BCUT2D eigenvalue weighted by molar-refractivity contribution is 0.354. The van der Waals surface area contributed by atoms with E-state index in [0.29, 0.717) is 17.9 Å². The molecule has 0 aliphatic heterocycles. The lowest BCUT2D eigenvalue weighted by Gasteiger charge is -2.08. The maximum atomic E-state index is 5.40. The Morgan fingerprint density at radius 3 is 2.47 bits per heavy atom. The molecule has 5 aromatic rings. The van der Waals surface area contributed by atoms with Gasteiger partial charge in [0, 0.05) is 12.0 Å². The predicted octanol–water partition coefficient (Wildman–Crippen LogP) is 3.86. The SMILES string of the molecule is COc1ccc(-c2cc(-c3nn4c(Cc5ccc(OC)c(OC)c5)nnc4s3)[nH]n2)cc1. The monoisotopic (exact) mass is 448 g/mol. The third kappa shape index (κ3) is 3.65. The van der Waals surface area contributed by atoms with E-state index >= 15 is 0 Å². The number of rotatable bonds is 7. The summed E-state index contributed by atoms with van der Waals surface area (Å²) in [5, 5.41) is 21.6. The molecular formula is C22H20N6O3S. The quantitative estimate of drug-likeness (QED) is 0.404. The number of benzene rings is 2. The fourth-order valence-corrected chi connectivity index (χ4v) is 4.21. The first kappa shape index (κ1) is 20.0. The smallest absolute Gasteiger partial charge is 0.235 e. The predicted molar refractivity (Wildman–Crippen MR) is 121 cm³/mol. The van der Waals surface area contributed by atoms with Crippen molar-refractivity contribution in [2.45, 2.75) is 6.42 Å². The van der Waals surface area contributed by atoms with Gasteiger partial charge in [-0.05, 0) is 48.0 Å². The Labute approximate surface area is 187 Å². The fourth-order valence-electron chi connectivity index (χ4n) is 3.39. The van der Waals surface area contributed by atoms with Gasteiger partial charge in [-0.1, -0.05) is 17.4 Å². The molecule has 0 spiro atoms. The number of nitrogens with one attached hydrogen (secondary N) is 1. The third-order valence-corrected chi connectivity index (χ3v) is 5.99. The molecule has 0 saturated heterocycles. The summed E-state index contributed by atoms with van der Waals surface area (Å²) in [6, 6.07) is 15.5. The normalized spacial score (nSPS) is 11.1. The highest BCUT2D eigenvalue weighted by atomic mass is 32.1. The van der Waals surface area contributed by atoms with Gasteiger partial charge in [0.25, 0.3) is 0 Å². The second kappa shape index (κ2) is 8.31. The van der Waals surface area contributed by atoms with Gasteiger partial charge in [0.1, 0.15) is 5.75 Å². The van der Waals surface area contributed by atoms with Gasteiger partial charge in [-0.15, -0.1) is 10.2 Å². The average Bonchev–Trinajstić information content (AvgIpc) is 3.56. The number of hydrogen-bond acceptors (Lipinski definition) is 8. The van der Waals surface area contributed by atoms with Crippen molar-refractivity contribution in [3.63, 3.8) is 0 Å². The van der Waals surface area contributed by atoms with Crippen molar-refractivity contribution in [3.05, 3.63) is 59.9 Å². The standard InChI is InChI=1S/C22H20N6O3S/c1-29-15-7-5-14(6-8-15)16-12-17(24-23-16)21-27-28-20(25-26-22(28)32-21)11-13-4-9-18(30-2)19(10-13)31-3/h4-10,12H,11H2,1-3H3,(H,23,24). The van der Waals surface area contributed by atoms with Crippen molar-refractivity contribution in [2.24, 2.45) is 0 Å². The van der Waals surface area contributed by atoms with Gasteiger partial charge in [-0.25, -0.2) is 0 Å². The zero-order valence-corrected chi connectivity index (χ0v) is 18.5. The summed E-state index contributed by atoms with van der Waals surface area (Å²) in [6.45, 7) is 0. The van der Waals surface area contributed by atoms with E-state index in [1.54, 1.807) is 25.8 Å². The van der Waals surface area contributed by atoms with Crippen LogP contribution in [0, 0.1) is 0 Å². The number of nitrogens with zero attached hydrogens (tertiary/aromatic N) is 5. The van der Waals surface area contributed by atoms with Gasteiger partial charge >= 0.3 is 0 Å². The number of aromatic amines is 1. The van der Waals surface area contributed by atoms with Crippen molar-refractivity contribution in [3.8, 4) is 39.2 Å². The van der Waals surface area contributed by atoms with E-state index in [2.05, 4.69) is 20.4 Å². The van der Waals surface area contributed by atoms with Crippen LogP contribution >= 0.6 is 11.3 Å². The highest BCUT2D eigenvalue weighted by Crippen LogP contribution is 2.30. The van der Waals surface area contributed by atoms with Crippen LogP contribution in [0.1, 0.15) is 11.4 Å². The maximum absolute atomic E-state index is 5.40. The summed E-state index contributed by atoms with van der Waals surface area (Å²) in [5.74, 6) is 2.91. The van der Waals surface area contributed by atoms with Crippen LogP contribution in [-0.4, -0.2) is 51.3 Å². The fraction of sp³-hybridized carbons (Fsp3) is 0.182. The molecule has 2 aromatic carbocycles. The van der Waals surface area contributed by atoms with Crippen LogP contribution in [0.5, 0.6) is 17.2 Å². The van der Waals surface area contributed by atoms with Crippen LogP contribution in [0.25, 0.3) is 26.9 Å². The summed E-state index contributed by atoms with van der Waals surface area (Å²) in [7, 11) is 4.88. The largest absolute Gasteiger partial charge is 0.497 e. The van der Waals surface area contributed by atoms with Gasteiger partial charge in [0.2, 0.25) is 4.96 Å². The Kier molecular flexibility index (Phi) is 5.20. The average molecular weight is 449 g/mol. The highest BCUT2D eigenvalue weighted by Gasteiger charge is 2.16. The molecule has 0 atom stereocenters. The molecule has 0 aliphatic carbocycles. The first-order valence-corrected chi connectivity index (χ1v) is 10.6. The summed E-state index contributed by atoms with van der Waals surface area (Å²) in [5.41, 5.74) is 3.67. The maximum Gasteiger partial charge on any atom is 0.235 e. The molecule has 10 heteroatoms. The molecule has 0 saturated carbocycles. The summed E-state index contributed by atoms with van der Waals surface area (Å²) >= 11 is 1.45. The molecule has 0 aliphatic rings. The minimum atomic E-state index is 0.560. The topological polar surface area (TPSA) is 99.5 Å². The first-order valence-electron chi connectivity index (χ1n) is 9.80. The van der Waals surface area contributed by atoms with Crippen molar-refractivity contribution in [2.75, 3.05) is 21.3 Å². The van der Waals surface area contributed by atoms with Crippen molar-refractivity contribution in [1.29, 1.82) is 0 Å². The highest BCUT2D eigenvalue weighted by molar-refractivity contribution is 7.19. The van der Waals surface area contributed by atoms with E-state index in [4.69, 9.17) is 19.3 Å². The molecule has 0 fully saturated rings. The molecule has 3 heterocycles. The van der Waals surface area contributed by atoms with E-state index in [-0.39, 0.29) is 0 Å². The lowest BCUT2D eigenvalue weighted by Crippen LogP contribution is -1.99. The summed E-state index contributed by atoms with van der Waals surface area (Å²) in [4.78, 5) is 0.719. The van der Waals surface area contributed by atoms with Crippen LogP contribution in [0.4, 0.5) is 0 Å². The van der Waals surface area contributed by atoms with Gasteiger partial charge in [-0.2, -0.15) is 14.7 Å². The molecule has 3 aromatic heterocycles. The lowest BCUT2D eigenvalue weighted by atomic mass is 10.1. The van der Waals surface area contributed by atoms with Gasteiger partial charge in [0.05, 0.1) is 32.7 Å². The number of fused-ring (bicyclic) bond motifs is 1.